The second-order valence-electron chi connectivity index (χ2n) is 6.13. The van der Waals surface area contributed by atoms with E-state index in [9.17, 15) is 4.79 Å². The molecular formula is C14H24N2O2S. The number of nitrogens with zero attached hydrogens (tertiary/aromatic N) is 2. The number of carboxylic acid groups (broad SMARTS) is 1. The number of carbonyl (C=O) groups is 1. The van der Waals surface area contributed by atoms with E-state index in [-0.39, 0.29) is 5.54 Å². The van der Waals surface area contributed by atoms with Gasteiger partial charge in [-0.2, -0.15) is 4.99 Å². The van der Waals surface area contributed by atoms with Crippen molar-refractivity contribution in [2.75, 3.05) is 0 Å². The minimum absolute atomic E-state index is 0.0476. The molecule has 0 bridgehead atoms. The standard InChI is InChI=1S/C14H24N2O2S/c1-7-11-10(8-9(2)3)12(15-13(17)18)19-16(11)14(4,5)6/h9H,7-8H2,1-6H3,(H,17,18). The van der Waals surface area contributed by atoms with Gasteiger partial charge in [0.05, 0.1) is 0 Å². The van der Waals surface area contributed by atoms with Crippen LogP contribution in [0.3, 0.4) is 0 Å². The highest BCUT2D eigenvalue weighted by molar-refractivity contribution is 7.04. The first-order valence-electron chi connectivity index (χ1n) is 6.69. The fourth-order valence-corrected chi connectivity index (χ4v) is 3.36. The summed E-state index contributed by atoms with van der Waals surface area (Å²) in [4.78, 5) is 14.7. The van der Waals surface area contributed by atoms with Crippen LogP contribution in [0.5, 0.6) is 0 Å². The first-order chi connectivity index (χ1) is 8.66. The molecule has 0 aliphatic heterocycles. The van der Waals surface area contributed by atoms with Gasteiger partial charge in [-0.15, -0.1) is 0 Å². The smallest absolute Gasteiger partial charge is 0.432 e. The Balaban J connectivity index is 3.55. The lowest BCUT2D eigenvalue weighted by Gasteiger charge is -2.23. The fraction of sp³-hybridized carbons (Fsp3) is 0.714. The SMILES string of the molecule is CCc1c(CC(C)C)c(=NC(=O)O)sn1C(C)(C)C. The zero-order valence-corrected chi connectivity index (χ0v) is 13.5. The lowest BCUT2D eigenvalue weighted by Crippen LogP contribution is -2.22. The first kappa shape index (κ1) is 16.0. The number of aromatic nitrogens is 1. The van der Waals surface area contributed by atoms with Gasteiger partial charge in [-0.1, -0.05) is 20.8 Å². The molecule has 0 spiro atoms. The van der Waals surface area contributed by atoms with E-state index >= 15 is 0 Å². The molecule has 0 saturated heterocycles. The van der Waals surface area contributed by atoms with Gasteiger partial charge < -0.3 is 5.11 Å². The van der Waals surface area contributed by atoms with Gasteiger partial charge >= 0.3 is 6.09 Å². The molecule has 0 aliphatic carbocycles. The van der Waals surface area contributed by atoms with Crippen LogP contribution in [0, 0.1) is 5.92 Å². The predicted octanol–water partition coefficient (Wildman–Crippen LogP) is 3.64. The highest BCUT2D eigenvalue weighted by Crippen LogP contribution is 2.24. The van der Waals surface area contributed by atoms with E-state index in [4.69, 9.17) is 5.11 Å². The van der Waals surface area contributed by atoms with Crippen molar-refractivity contribution in [2.24, 2.45) is 10.9 Å². The lowest BCUT2D eigenvalue weighted by molar-refractivity contribution is 0.205. The van der Waals surface area contributed by atoms with Gasteiger partial charge in [0, 0.05) is 16.8 Å². The Hall–Kier alpha value is -1.10. The molecule has 1 N–H and O–H groups in total. The van der Waals surface area contributed by atoms with Crippen LogP contribution in [0.15, 0.2) is 4.99 Å². The molecule has 0 radical (unpaired) electrons. The van der Waals surface area contributed by atoms with Crippen molar-refractivity contribution in [3.63, 3.8) is 0 Å². The monoisotopic (exact) mass is 284 g/mol. The predicted molar refractivity (Wildman–Crippen MR) is 78.8 cm³/mol. The molecule has 0 saturated carbocycles. The van der Waals surface area contributed by atoms with Crippen LogP contribution in [-0.4, -0.2) is 15.2 Å². The summed E-state index contributed by atoms with van der Waals surface area (Å²) in [5.74, 6) is 0.482. The Morgan fingerprint density at radius 1 is 1.42 bits per heavy atom. The van der Waals surface area contributed by atoms with Crippen LogP contribution in [0.25, 0.3) is 0 Å². The number of hydrogen-bond acceptors (Lipinski definition) is 2. The van der Waals surface area contributed by atoms with Crippen molar-refractivity contribution in [3.05, 3.63) is 15.9 Å². The van der Waals surface area contributed by atoms with Crippen LogP contribution in [0.2, 0.25) is 0 Å². The Morgan fingerprint density at radius 3 is 2.37 bits per heavy atom. The van der Waals surface area contributed by atoms with Gasteiger partial charge in [-0.25, -0.2) is 4.79 Å². The third-order valence-corrected chi connectivity index (χ3v) is 4.24. The fourth-order valence-electron chi connectivity index (χ4n) is 2.13. The van der Waals surface area contributed by atoms with E-state index in [1.54, 1.807) is 0 Å². The summed E-state index contributed by atoms with van der Waals surface area (Å²) in [5, 5.41) is 8.93. The molecule has 19 heavy (non-hydrogen) atoms. The highest BCUT2D eigenvalue weighted by Gasteiger charge is 2.22. The molecule has 0 unspecified atom stereocenters. The molecule has 1 rings (SSSR count). The molecule has 5 heteroatoms. The quantitative estimate of drug-likeness (QED) is 0.921. The molecule has 0 aromatic carbocycles. The molecule has 1 amide bonds. The van der Waals surface area contributed by atoms with Gasteiger partial charge in [0.25, 0.3) is 0 Å². The van der Waals surface area contributed by atoms with Crippen molar-refractivity contribution in [3.8, 4) is 0 Å². The summed E-state index contributed by atoms with van der Waals surface area (Å²) in [6.07, 6.45) is 0.648. The minimum Gasteiger partial charge on any atom is -0.463 e. The van der Waals surface area contributed by atoms with Crippen LogP contribution < -0.4 is 4.67 Å². The topological polar surface area (TPSA) is 54.6 Å². The largest absolute Gasteiger partial charge is 0.463 e. The van der Waals surface area contributed by atoms with Crippen LogP contribution in [0.4, 0.5) is 4.79 Å². The summed E-state index contributed by atoms with van der Waals surface area (Å²) >= 11 is 1.46. The number of amides is 1. The van der Waals surface area contributed by atoms with E-state index in [1.807, 2.05) is 0 Å². The first-order valence-corrected chi connectivity index (χ1v) is 7.46. The van der Waals surface area contributed by atoms with Crippen molar-refractivity contribution in [2.45, 2.75) is 59.9 Å². The van der Waals surface area contributed by atoms with E-state index in [0.29, 0.717) is 10.6 Å². The average Bonchev–Trinajstić information content (AvgIpc) is 2.54. The molecule has 0 aliphatic rings. The number of hydrogen-bond donors (Lipinski definition) is 1. The summed E-state index contributed by atoms with van der Waals surface area (Å²) in [7, 11) is 0. The normalized spacial score (nSPS) is 13.3. The van der Waals surface area contributed by atoms with Crippen molar-refractivity contribution >= 4 is 17.6 Å². The minimum atomic E-state index is -1.12. The van der Waals surface area contributed by atoms with Gasteiger partial charge in [0.1, 0.15) is 4.67 Å². The summed E-state index contributed by atoms with van der Waals surface area (Å²) in [6, 6.07) is 0. The van der Waals surface area contributed by atoms with E-state index in [1.165, 1.54) is 17.2 Å². The Kier molecular flexibility index (Phi) is 4.96. The number of rotatable bonds is 3. The molecule has 4 nitrogen and oxygen atoms in total. The summed E-state index contributed by atoms with van der Waals surface area (Å²) < 4.78 is 2.85. The molecule has 0 atom stereocenters. The van der Waals surface area contributed by atoms with Gasteiger partial charge in [-0.05, 0) is 51.1 Å². The Morgan fingerprint density at radius 2 is 2.00 bits per heavy atom. The van der Waals surface area contributed by atoms with Crippen LogP contribution >= 0.6 is 11.5 Å². The molecule has 1 aromatic heterocycles. The third-order valence-electron chi connectivity index (χ3n) is 2.78. The highest BCUT2D eigenvalue weighted by atomic mass is 32.1. The lowest BCUT2D eigenvalue weighted by atomic mass is 10.0. The second kappa shape index (κ2) is 5.90. The average molecular weight is 284 g/mol. The molecule has 0 fully saturated rings. The van der Waals surface area contributed by atoms with Crippen LogP contribution in [0.1, 0.15) is 52.8 Å². The summed E-state index contributed by atoms with van der Waals surface area (Å²) in [5.41, 5.74) is 2.26. The van der Waals surface area contributed by atoms with E-state index in [0.717, 1.165) is 18.4 Å². The van der Waals surface area contributed by atoms with Gasteiger partial charge in [0.15, 0.2) is 0 Å². The maximum Gasteiger partial charge on any atom is 0.432 e. The molecular weight excluding hydrogens is 260 g/mol. The van der Waals surface area contributed by atoms with E-state index in [2.05, 4.69) is 50.5 Å². The van der Waals surface area contributed by atoms with Gasteiger partial charge in [0.2, 0.25) is 0 Å². The van der Waals surface area contributed by atoms with Crippen molar-refractivity contribution < 1.29 is 9.90 Å². The zero-order chi connectivity index (χ0) is 14.8. The Labute approximate surface area is 119 Å². The second-order valence-corrected chi connectivity index (χ2v) is 7.07. The Bertz CT molecular complexity index is 519. The maximum absolute atomic E-state index is 10.9. The molecule has 1 heterocycles. The summed E-state index contributed by atoms with van der Waals surface area (Å²) in [6.45, 7) is 12.8. The maximum atomic E-state index is 10.9. The van der Waals surface area contributed by atoms with Crippen LogP contribution in [-0.2, 0) is 18.4 Å². The van der Waals surface area contributed by atoms with E-state index < -0.39 is 6.09 Å². The van der Waals surface area contributed by atoms with Crippen molar-refractivity contribution in [1.82, 2.24) is 3.96 Å². The van der Waals surface area contributed by atoms with Gasteiger partial charge in [-0.3, -0.25) is 3.96 Å². The molecule has 108 valence electrons. The molecule has 1 aromatic rings. The zero-order valence-electron chi connectivity index (χ0n) is 12.6. The van der Waals surface area contributed by atoms with Crippen molar-refractivity contribution in [1.29, 1.82) is 0 Å². The third kappa shape index (κ3) is 3.93.